The largest absolute Gasteiger partial charge is 0.338 e. The molecular formula is C19H22FN3O4S. The maximum absolute atomic E-state index is 12.9. The van der Waals surface area contributed by atoms with Crippen LogP contribution in [0.5, 0.6) is 0 Å². The van der Waals surface area contributed by atoms with E-state index in [1.807, 2.05) is 23.1 Å². The van der Waals surface area contributed by atoms with Gasteiger partial charge in [-0.1, -0.05) is 35.2 Å². The van der Waals surface area contributed by atoms with Crippen molar-refractivity contribution in [3.63, 3.8) is 0 Å². The molecular weight excluding hydrogens is 385 g/mol. The molecule has 0 unspecified atom stereocenters. The summed E-state index contributed by atoms with van der Waals surface area (Å²) in [6.45, 7) is 3.01. The van der Waals surface area contributed by atoms with Gasteiger partial charge in [-0.15, -0.1) is 0 Å². The number of halogens is 1. The van der Waals surface area contributed by atoms with Crippen molar-refractivity contribution in [2.75, 3.05) is 32.8 Å². The molecule has 1 aliphatic rings. The van der Waals surface area contributed by atoms with Gasteiger partial charge in [0.2, 0.25) is 0 Å². The summed E-state index contributed by atoms with van der Waals surface area (Å²) in [7, 11) is -3.96. The molecule has 0 bridgehead atoms. The number of carbonyl (C=O) groups excluding carboxylic acids is 1. The average molecular weight is 407 g/mol. The molecule has 1 aliphatic heterocycles. The number of carbonyl (C=O) groups is 1. The first-order valence-corrected chi connectivity index (χ1v) is 10.4. The standard InChI is InChI=1S/C19H22FN3O4S/c20-17-6-8-18(9-7-17)28(25,26)21-27-15-19(24)23-12-10-22(11-13-23)14-16-4-2-1-3-5-16/h1-9,21H,10-15H2. The predicted molar refractivity (Wildman–Crippen MR) is 101 cm³/mol. The van der Waals surface area contributed by atoms with Gasteiger partial charge < -0.3 is 4.90 Å². The fraction of sp³-hybridized carbons (Fsp3) is 0.316. The van der Waals surface area contributed by atoms with Crippen molar-refractivity contribution in [3.8, 4) is 0 Å². The van der Waals surface area contributed by atoms with Crippen LogP contribution in [0.4, 0.5) is 4.39 Å². The normalized spacial score (nSPS) is 15.5. The van der Waals surface area contributed by atoms with Gasteiger partial charge in [-0.3, -0.25) is 14.5 Å². The summed E-state index contributed by atoms with van der Waals surface area (Å²) in [5, 5.41) is 0. The number of piperazine rings is 1. The zero-order valence-corrected chi connectivity index (χ0v) is 16.1. The van der Waals surface area contributed by atoms with E-state index >= 15 is 0 Å². The molecule has 1 N–H and O–H groups in total. The highest BCUT2D eigenvalue weighted by Crippen LogP contribution is 2.10. The van der Waals surface area contributed by atoms with Crippen LogP contribution < -0.4 is 4.89 Å². The predicted octanol–water partition coefficient (Wildman–Crippen LogP) is 1.38. The van der Waals surface area contributed by atoms with Crippen molar-refractivity contribution in [3.05, 3.63) is 66.0 Å². The van der Waals surface area contributed by atoms with Crippen LogP contribution in [0, 0.1) is 5.82 Å². The molecule has 2 aromatic rings. The van der Waals surface area contributed by atoms with Crippen LogP contribution in [0.15, 0.2) is 59.5 Å². The number of hydrogen-bond donors (Lipinski definition) is 1. The molecule has 0 atom stereocenters. The van der Waals surface area contributed by atoms with Crippen LogP contribution >= 0.6 is 0 Å². The van der Waals surface area contributed by atoms with Crippen LogP contribution in [-0.4, -0.2) is 56.9 Å². The molecule has 0 aromatic heterocycles. The summed E-state index contributed by atoms with van der Waals surface area (Å²) in [4.78, 5) is 22.8. The zero-order valence-electron chi connectivity index (χ0n) is 15.3. The van der Waals surface area contributed by atoms with Gasteiger partial charge >= 0.3 is 0 Å². The molecule has 0 spiro atoms. The number of nitrogens with one attached hydrogen (secondary N) is 1. The van der Waals surface area contributed by atoms with Crippen LogP contribution in [0.3, 0.4) is 0 Å². The Kier molecular flexibility index (Phi) is 6.74. The molecule has 3 rings (SSSR count). The van der Waals surface area contributed by atoms with Crippen molar-refractivity contribution in [1.29, 1.82) is 0 Å². The summed E-state index contributed by atoms with van der Waals surface area (Å²) in [6, 6.07) is 14.4. The van der Waals surface area contributed by atoms with Crippen molar-refractivity contribution in [2.24, 2.45) is 0 Å². The van der Waals surface area contributed by atoms with E-state index < -0.39 is 22.4 Å². The van der Waals surface area contributed by atoms with Crippen molar-refractivity contribution < 1.29 is 22.4 Å². The quantitative estimate of drug-likeness (QED) is 0.702. The van der Waals surface area contributed by atoms with Crippen LogP contribution in [0.1, 0.15) is 5.56 Å². The van der Waals surface area contributed by atoms with Gasteiger partial charge in [-0.2, -0.15) is 0 Å². The SMILES string of the molecule is O=C(CONS(=O)(=O)c1ccc(F)cc1)N1CCN(Cc2ccccc2)CC1. The first kappa shape index (κ1) is 20.4. The van der Waals surface area contributed by atoms with Crippen molar-refractivity contribution in [1.82, 2.24) is 14.7 Å². The molecule has 2 aromatic carbocycles. The first-order chi connectivity index (χ1) is 13.4. The van der Waals surface area contributed by atoms with E-state index in [4.69, 9.17) is 4.84 Å². The Hall–Kier alpha value is -2.33. The van der Waals surface area contributed by atoms with Gasteiger partial charge in [-0.25, -0.2) is 12.8 Å². The lowest BCUT2D eigenvalue weighted by molar-refractivity contribution is -0.139. The van der Waals surface area contributed by atoms with E-state index in [1.54, 1.807) is 4.90 Å². The lowest BCUT2D eigenvalue weighted by atomic mass is 10.2. The summed E-state index contributed by atoms with van der Waals surface area (Å²) >= 11 is 0. The fourth-order valence-corrected chi connectivity index (χ4v) is 3.72. The molecule has 1 saturated heterocycles. The van der Waals surface area contributed by atoms with Gasteiger partial charge in [-0.05, 0) is 29.8 Å². The third-order valence-corrected chi connectivity index (χ3v) is 5.69. The number of nitrogens with zero attached hydrogens (tertiary/aromatic N) is 2. The van der Waals surface area contributed by atoms with E-state index in [9.17, 15) is 17.6 Å². The minimum atomic E-state index is -3.96. The second kappa shape index (κ2) is 9.24. The third kappa shape index (κ3) is 5.59. The number of sulfonamides is 1. The van der Waals surface area contributed by atoms with Gasteiger partial charge in [0.1, 0.15) is 12.4 Å². The highest BCUT2D eigenvalue weighted by Gasteiger charge is 2.22. The second-order valence-electron chi connectivity index (χ2n) is 6.47. The van der Waals surface area contributed by atoms with E-state index in [-0.39, 0.29) is 10.8 Å². The Morgan fingerprint density at radius 3 is 2.29 bits per heavy atom. The molecule has 1 heterocycles. The monoisotopic (exact) mass is 407 g/mol. The van der Waals surface area contributed by atoms with Crippen molar-refractivity contribution >= 4 is 15.9 Å². The number of amides is 1. The summed E-state index contributed by atoms with van der Waals surface area (Å²) in [5.74, 6) is -0.831. The Morgan fingerprint density at radius 2 is 1.64 bits per heavy atom. The minimum Gasteiger partial charge on any atom is -0.338 e. The van der Waals surface area contributed by atoms with E-state index in [2.05, 4.69) is 17.0 Å². The van der Waals surface area contributed by atoms with Gasteiger partial charge in [0.05, 0.1) is 4.90 Å². The Morgan fingerprint density at radius 1 is 1.00 bits per heavy atom. The highest BCUT2D eigenvalue weighted by atomic mass is 32.2. The van der Waals surface area contributed by atoms with E-state index in [0.29, 0.717) is 13.1 Å². The van der Waals surface area contributed by atoms with Gasteiger partial charge in [0.25, 0.3) is 15.9 Å². The third-order valence-electron chi connectivity index (χ3n) is 4.46. The molecule has 9 heteroatoms. The molecule has 1 fully saturated rings. The number of benzene rings is 2. The Balaban J connectivity index is 1.41. The Labute approximate surface area is 163 Å². The summed E-state index contributed by atoms with van der Waals surface area (Å²) in [5.41, 5.74) is 1.22. The Bertz CT molecular complexity index is 883. The van der Waals surface area contributed by atoms with Crippen LogP contribution in [0.25, 0.3) is 0 Å². The average Bonchev–Trinajstić information content (AvgIpc) is 2.69. The van der Waals surface area contributed by atoms with E-state index in [1.165, 1.54) is 5.56 Å². The number of rotatable bonds is 7. The minimum absolute atomic E-state index is 0.143. The molecule has 150 valence electrons. The van der Waals surface area contributed by atoms with Crippen LogP contribution in [0.2, 0.25) is 0 Å². The molecule has 0 radical (unpaired) electrons. The second-order valence-corrected chi connectivity index (χ2v) is 8.12. The maximum atomic E-state index is 12.9. The molecule has 0 aliphatic carbocycles. The van der Waals surface area contributed by atoms with E-state index in [0.717, 1.165) is 43.9 Å². The first-order valence-electron chi connectivity index (χ1n) is 8.87. The highest BCUT2D eigenvalue weighted by molar-refractivity contribution is 7.89. The topological polar surface area (TPSA) is 78.9 Å². The molecule has 7 nitrogen and oxygen atoms in total. The zero-order chi connectivity index (χ0) is 20.0. The van der Waals surface area contributed by atoms with Gasteiger partial charge in [0.15, 0.2) is 0 Å². The lowest BCUT2D eigenvalue weighted by Gasteiger charge is -2.34. The number of hydrogen-bond acceptors (Lipinski definition) is 5. The smallest absolute Gasteiger partial charge is 0.262 e. The van der Waals surface area contributed by atoms with Crippen LogP contribution in [-0.2, 0) is 26.2 Å². The van der Waals surface area contributed by atoms with Gasteiger partial charge in [0, 0.05) is 32.7 Å². The molecule has 1 amide bonds. The molecule has 0 saturated carbocycles. The summed E-state index contributed by atoms with van der Waals surface area (Å²) < 4.78 is 36.9. The lowest BCUT2D eigenvalue weighted by Crippen LogP contribution is -2.49. The summed E-state index contributed by atoms with van der Waals surface area (Å²) in [6.07, 6.45) is 0. The van der Waals surface area contributed by atoms with Crippen molar-refractivity contribution in [2.45, 2.75) is 11.4 Å². The molecule has 28 heavy (non-hydrogen) atoms. The fourth-order valence-electron chi connectivity index (χ4n) is 2.92. The maximum Gasteiger partial charge on any atom is 0.262 e.